The third-order valence-corrected chi connectivity index (χ3v) is 7.94. The van der Waals surface area contributed by atoms with Gasteiger partial charge >= 0.3 is 12.1 Å². The van der Waals surface area contributed by atoms with Gasteiger partial charge in [0.2, 0.25) is 0 Å². The minimum atomic E-state index is -4.57. The molecule has 146 valence electrons. The smallest absolute Gasteiger partial charge is 0.419 e. The van der Waals surface area contributed by atoms with Crippen LogP contribution in [0.2, 0.25) is 0 Å². The number of carboxylic acids is 1. The van der Waals surface area contributed by atoms with Gasteiger partial charge in [0.1, 0.15) is 11.4 Å². The van der Waals surface area contributed by atoms with E-state index in [2.05, 4.69) is 0 Å². The van der Waals surface area contributed by atoms with E-state index in [-0.39, 0.29) is 17.2 Å². The summed E-state index contributed by atoms with van der Waals surface area (Å²) in [6, 6.07) is 2.86. The maximum Gasteiger partial charge on any atom is 0.419 e. The zero-order chi connectivity index (χ0) is 19.1. The number of hydrogen-bond acceptors (Lipinski definition) is 2. The Balaban J connectivity index is 1.49. The van der Waals surface area contributed by atoms with Crippen molar-refractivity contribution in [3.8, 4) is 5.75 Å². The van der Waals surface area contributed by atoms with Crippen molar-refractivity contribution in [3.63, 3.8) is 0 Å². The highest BCUT2D eigenvalue weighted by atomic mass is 19.4. The Kier molecular flexibility index (Phi) is 3.49. The zero-order valence-electron chi connectivity index (χ0n) is 15.1. The molecule has 7 unspecified atom stereocenters. The van der Waals surface area contributed by atoms with Crippen LogP contribution in [0.4, 0.5) is 13.2 Å². The molecule has 6 heteroatoms. The lowest BCUT2D eigenvalue weighted by molar-refractivity contribution is -0.141. The zero-order valence-corrected chi connectivity index (χ0v) is 15.1. The molecule has 0 radical (unpaired) electrons. The molecule has 4 saturated carbocycles. The van der Waals surface area contributed by atoms with Gasteiger partial charge in [-0.05, 0) is 86.8 Å². The molecule has 1 aromatic rings. The second-order valence-electron chi connectivity index (χ2n) is 9.22. The lowest BCUT2D eigenvalue weighted by Gasteiger charge is -2.44. The molecule has 4 aliphatic carbocycles. The first-order chi connectivity index (χ1) is 12.7. The van der Waals surface area contributed by atoms with Crippen molar-refractivity contribution in [1.82, 2.24) is 0 Å². The average molecular weight is 380 g/mol. The number of carbonyl (C=O) groups is 1. The second kappa shape index (κ2) is 5.42. The van der Waals surface area contributed by atoms with E-state index in [0.717, 1.165) is 42.9 Å². The van der Waals surface area contributed by atoms with Gasteiger partial charge in [0.15, 0.2) is 0 Å². The highest BCUT2D eigenvalue weighted by Gasteiger charge is 2.66. The van der Waals surface area contributed by atoms with E-state index in [9.17, 15) is 23.1 Å². The molecule has 0 aromatic heterocycles. The Morgan fingerprint density at radius 3 is 2.52 bits per heavy atom. The Bertz CT molecular complexity index is 804. The third kappa shape index (κ3) is 2.44. The van der Waals surface area contributed by atoms with E-state index in [1.807, 2.05) is 6.92 Å². The van der Waals surface area contributed by atoms with Gasteiger partial charge in [-0.1, -0.05) is 0 Å². The van der Waals surface area contributed by atoms with Crippen molar-refractivity contribution in [2.45, 2.75) is 50.8 Å². The first-order valence-corrected chi connectivity index (χ1v) is 9.81. The van der Waals surface area contributed by atoms with Crippen LogP contribution in [0, 0.1) is 35.5 Å². The number of rotatable bonds is 3. The summed E-state index contributed by atoms with van der Waals surface area (Å²) in [5.74, 6) is 2.04. The predicted octanol–water partition coefficient (Wildman–Crippen LogP) is 5.24. The molecule has 1 N–H and O–H groups in total. The SMILES string of the molecule is CC1(Oc2cc(C(=O)O)ccc2C(F)(F)F)CC2CC1C1C3CCC(C3)C21. The summed E-state index contributed by atoms with van der Waals surface area (Å²) in [4.78, 5) is 11.3. The van der Waals surface area contributed by atoms with Crippen LogP contribution in [0.25, 0.3) is 0 Å². The number of carboxylic acid groups (broad SMARTS) is 1. The molecular weight excluding hydrogens is 357 g/mol. The molecule has 0 amide bonds. The summed E-state index contributed by atoms with van der Waals surface area (Å²) in [7, 11) is 0. The van der Waals surface area contributed by atoms with Crippen LogP contribution in [-0.2, 0) is 6.18 Å². The number of ether oxygens (including phenoxy) is 1. The van der Waals surface area contributed by atoms with Crippen LogP contribution in [-0.4, -0.2) is 16.7 Å². The average Bonchev–Trinajstić information content (AvgIpc) is 3.31. The minimum absolute atomic E-state index is 0.178. The quantitative estimate of drug-likeness (QED) is 0.729. The Hall–Kier alpha value is -1.72. The third-order valence-electron chi connectivity index (χ3n) is 7.94. The van der Waals surface area contributed by atoms with Gasteiger partial charge < -0.3 is 9.84 Å². The lowest BCUT2D eigenvalue weighted by atomic mass is 9.66. The van der Waals surface area contributed by atoms with Crippen molar-refractivity contribution in [1.29, 1.82) is 0 Å². The molecule has 27 heavy (non-hydrogen) atoms. The van der Waals surface area contributed by atoms with Crippen LogP contribution in [0.15, 0.2) is 18.2 Å². The molecule has 0 saturated heterocycles. The molecule has 4 aliphatic rings. The van der Waals surface area contributed by atoms with Gasteiger partial charge in [-0.25, -0.2) is 4.79 Å². The molecule has 4 fully saturated rings. The molecule has 5 rings (SSSR count). The van der Waals surface area contributed by atoms with Gasteiger partial charge in [-0.2, -0.15) is 13.2 Å². The van der Waals surface area contributed by atoms with E-state index < -0.39 is 23.3 Å². The summed E-state index contributed by atoms with van der Waals surface area (Å²) in [5, 5.41) is 9.19. The Labute approximate surface area is 155 Å². The van der Waals surface area contributed by atoms with Crippen molar-refractivity contribution in [3.05, 3.63) is 29.3 Å². The number of halogens is 3. The van der Waals surface area contributed by atoms with Gasteiger partial charge in [-0.15, -0.1) is 0 Å². The van der Waals surface area contributed by atoms with Gasteiger partial charge in [0.05, 0.1) is 11.1 Å². The monoisotopic (exact) mass is 380 g/mol. The summed E-state index contributed by atoms with van der Waals surface area (Å²) in [5.41, 5.74) is -1.71. The highest BCUT2D eigenvalue weighted by Crippen LogP contribution is 2.70. The van der Waals surface area contributed by atoms with Gasteiger partial charge in [0, 0.05) is 5.92 Å². The number of aromatic carboxylic acids is 1. The largest absolute Gasteiger partial charge is 0.487 e. The number of fused-ring (bicyclic) bond motifs is 9. The fourth-order valence-corrected chi connectivity index (χ4v) is 7.21. The van der Waals surface area contributed by atoms with Crippen molar-refractivity contribution >= 4 is 5.97 Å². The summed E-state index contributed by atoms with van der Waals surface area (Å²) in [6.45, 7) is 1.94. The van der Waals surface area contributed by atoms with E-state index in [1.165, 1.54) is 19.3 Å². The van der Waals surface area contributed by atoms with Crippen LogP contribution < -0.4 is 4.74 Å². The fourth-order valence-electron chi connectivity index (χ4n) is 7.21. The first kappa shape index (κ1) is 17.4. The number of hydrogen-bond donors (Lipinski definition) is 1. The topological polar surface area (TPSA) is 46.5 Å². The maximum atomic E-state index is 13.5. The molecule has 1 aromatic carbocycles. The molecule has 0 spiro atoms. The predicted molar refractivity (Wildman–Crippen MR) is 91.5 cm³/mol. The molecule has 0 aliphatic heterocycles. The highest BCUT2D eigenvalue weighted by molar-refractivity contribution is 5.88. The van der Waals surface area contributed by atoms with E-state index >= 15 is 0 Å². The van der Waals surface area contributed by atoms with Crippen LogP contribution >= 0.6 is 0 Å². The molecule has 7 atom stereocenters. The fraction of sp³-hybridized carbons (Fsp3) is 0.667. The van der Waals surface area contributed by atoms with E-state index in [1.54, 1.807) is 0 Å². The Morgan fingerprint density at radius 2 is 1.85 bits per heavy atom. The van der Waals surface area contributed by atoms with E-state index in [4.69, 9.17) is 4.74 Å². The molecule has 0 heterocycles. The lowest BCUT2D eigenvalue weighted by Crippen LogP contribution is -2.46. The van der Waals surface area contributed by atoms with Crippen molar-refractivity contribution in [2.24, 2.45) is 35.5 Å². The van der Waals surface area contributed by atoms with Crippen LogP contribution in [0.5, 0.6) is 5.75 Å². The normalized spacial score (nSPS) is 41.8. The summed E-state index contributed by atoms with van der Waals surface area (Å²) < 4.78 is 46.5. The second-order valence-corrected chi connectivity index (χ2v) is 9.22. The molecule has 3 nitrogen and oxygen atoms in total. The number of benzene rings is 1. The maximum absolute atomic E-state index is 13.5. The van der Waals surface area contributed by atoms with Crippen molar-refractivity contribution in [2.75, 3.05) is 0 Å². The molecular formula is C21H23F3O3. The van der Waals surface area contributed by atoms with Crippen LogP contribution in [0.3, 0.4) is 0 Å². The van der Waals surface area contributed by atoms with Gasteiger partial charge in [0.25, 0.3) is 0 Å². The van der Waals surface area contributed by atoms with Crippen molar-refractivity contribution < 1.29 is 27.8 Å². The Morgan fingerprint density at radius 1 is 1.15 bits per heavy atom. The summed E-state index contributed by atoms with van der Waals surface area (Å²) in [6.07, 6.45) is 1.07. The first-order valence-electron chi connectivity index (χ1n) is 9.81. The number of alkyl halides is 3. The molecule has 4 bridgehead atoms. The minimum Gasteiger partial charge on any atom is -0.487 e. The van der Waals surface area contributed by atoms with E-state index in [0.29, 0.717) is 17.8 Å². The van der Waals surface area contributed by atoms with Crippen LogP contribution in [0.1, 0.15) is 54.9 Å². The summed E-state index contributed by atoms with van der Waals surface area (Å²) >= 11 is 0. The standard InChI is InChI=1S/C21H23F3O3/c1-20(9-13-7-15(20)18-11-3-2-10(6-11)17(13)18)27-16-8-12(19(25)26)4-5-14(16)21(22,23)24/h4-5,8,10-11,13,15,17-18H,2-3,6-7,9H2,1H3,(H,25,26). The van der Waals surface area contributed by atoms with Gasteiger partial charge in [-0.3, -0.25) is 0 Å².